The zero-order valence-corrected chi connectivity index (χ0v) is 9.77. The van der Waals surface area contributed by atoms with E-state index in [1.807, 2.05) is 11.3 Å². The van der Waals surface area contributed by atoms with Crippen LogP contribution in [0.25, 0.3) is 0 Å². The number of rotatable bonds is 2. The van der Waals surface area contributed by atoms with E-state index in [9.17, 15) is 0 Å². The lowest BCUT2D eigenvalue weighted by Crippen LogP contribution is -2.25. The minimum atomic E-state index is 0.392. The molecule has 72 valence electrons. The van der Waals surface area contributed by atoms with Gasteiger partial charge >= 0.3 is 0 Å². The van der Waals surface area contributed by atoms with Crippen molar-refractivity contribution in [2.24, 2.45) is 5.73 Å². The van der Waals surface area contributed by atoms with E-state index in [-0.39, 0.29) is 0 Å². The van der Waals surface area contributed by atoms with Crippen LogP contribution in [-0.4, -0.2) is 24.0 Å². The van der Waals surface area contributed by atoms with Crippen molar-refractivity contribution in [3.05, 3.63) is 20.8 Å². The van der Waals surface area contributed by atoms with Crippen LogP contribution in [0.15, 0.2) is 15.9 Å². The molecule has 1 saturated heterocycles. The summed E-state index contributed by atoms with van der Waals surface area (Å²) in [5.74, 6) is 0. The number of nitrogens with two attached hydrogens (primary N) is 1. The Balaban J connectivity index is 1.91. The van der Waals surface area contributed by atoms with Gasteiger partial charge in [-0.25, -0.2) is 0 Å². The van der Waals surface area contributed by atoms with Crippen LogP contribution in [0.5, 0.6) is 0 Å². The molecule has 1 fully saturated rings. The smallest absolute Gasteiger partial charge is 0.0328 e. The fourth-order valence-electron chi connectivity index (χ4n) is 1.66. The van der Waals surface area contributed by atoms with Crippen molar-refractivity contribution in [1.82, 2.24) is 4.90 Å². The van der Waals surface area contributed by atoms with Gasteiger partial charge in [0, 0.05) is 40.4 Å². The molecule has 0 aliphatic carbocycles. The Hall–Kier alpha value is 0.1000. The van der Waals surface area contributed by atoms with Crippen LogP contribution >= 0.6 is 27.3 Å². The highest BCUT2D eigenvalue weighted by molar-refractivity contribution is 9.10. The molecule has 1 aliphatic heterocycles. The van der Waals surface area contributed by atoms with Crippen molar-refractivity contribution in [3.63, 3.8) is 0 Å². The summed E-state index contributed by atoms with van der Waals surface area (Å²) in [5.41, 5.74) is 5.84. The molecule has 2 heterocycles. The fourth-order valence-corrected chi connectivity index (χ4v) is 3.16. The molecule has 1 aromatic rings. The third kappa shape index (κ3) is 2.53. The molecule has 4 heteroatoms. The lowest BCUT2D eigenvalue weighted by Gasteiger charge is -2.12. The van der Waals surface area contributed by atoms with E-state index < -0.39 is 0 Å². The Kier molecular flexibility index (Phi) is 3.03. The van der Waals surface area contributed by atoms with Crippen LogP contribution in [0.1, 0.15) is 11.3 Å². The Morgan fingerprint density at radius 1 is 1.69 bits per heavy atom. The van der Waals surface area contributed by atoms with Gasteiger partial charge in [-0.2, -0.15) is 0 Å². The molecule has 0 aromatic carbocycles. The normalized spacial score (nSPS) is 24.0. The molecule has 0 spiro atoms. The van der Waals surface area contributed by atoms with Gasteiger partial charge in [0.15, 0.2) is 0 Å². The number of halogens is 1. The van der Waals surface area contributed by atoms with E-state index >= 15 is 0 Å². The molecule has 2 N–H and O–H groups in total. The number of nitrogens with zero attached hydrogens (tertiary/aromatic N) is 1. The van der Waals surface area contributed by atoms with Gasteiger partial charge in [0.2, 0.25) is 0 Å². The van der Waals surface area contributed by atoms with Crippen molar-refractivity contribution in [2.75, 3.05) is 13.1 Å². The molecular formula is C9H13BrN2S. The summed E-state index contributed by atoms with van der Waals surface area (Å²) in [6.45, 7) is 3.26. The van der Waals surface area contributed by atoms with Crippen molar-refractivity contribution in [1.29, 1.82) is 0 Å². The topological polar surface area (TPSA) is 29.3 Å². The number of hydrogen-bond acceptors (Lipinski definition) is 3. The summed E-state index contributed by atoms with van der Waals surface area (Å²) in [4.78, 5) is 3.84. The van der Waals surface area contributed by atoms with Gasteiger partial charge in [-0.1, -0.05) is 0 Å². The van der Waals surface area contributed by atoms with Crippen LogP contribution in [0, 0.1) is 0 Å². The Morgan fingerprint density at radius 2 is 2.54 bits per heavy atom. The maximum absolute atomic E-state index is 5.84. The minimum absolute atomic E-state index is 0.392. The Bertz CT molecular complexity index is 287. The molecule has 0 bridgehead atoms. The maximum atomic E-state index is 5.84. The summed E-state index contributed by atoms with van der Waals surface area (Å²) >= 11 is 5.27. The van der Waals surface area contributed by atoms with Crippen LogP contribution in [0.2, 0.25) is 0 Å². The predicted octanol–water partition coefficient (Wildman–Crippen LogP) is 2.04. The average molecular weight is 261 g/mol. The molecule has 0 unspecified atom stereocenters. The number of likely N-dealkylation sites (tertiary alicyclic amines) is 1. The number of hydrogen-bond donors (Lipinski definition) is 1. The second-order valence-electron chi connectivity index (χ2n) is 3.52. The summed E-state index contributed by atoms with van der Waals surface area (Å²) in [7, 11) is 0. The Morgan fingerprint density at radius 3 is 3.08 bits per heavy atom. The van der Waals surface area contributed by atoms with E-state index in [0.717, 1.165) is 26.1 Å². The third-order valence-corrected chi connectivity index (χ3v) is 3.99. The van der Waals surface area contributed by atoms with E-state index in [4.69, 9.17) is 5.73 Å². The van der Waals surface area contributed by atoms with Crippen LogP contribution in [0.4, 0.5) is 0 Å². The first kappa shape index (κ1) is 9.65. The average Bonchev–Trinajstić information content (AvgIpc) is 2.62. The molecule has 1 atom stereocenters. The molecule has 1 aromatic heterocycles. The standard InChI is InChI=1S/C9H13BrN2S/c10-7-3-9(13-6-7)5-12-2-1-8(11)4-12/h3,6,8H,1-2,4-5,11H2/t8-/m1/s1. The Labute approximate surface area is 90.9 Å². The largest absolute Gasteiger partial charge is 0.326 e. The maximum Gasteiger partial charge on any atom is 0.0328 e. The molecule has 2 nitrogen and oxygen atoms in total. The summed E-state index contributed by atoms with van der Waals surface area (Å²) in [6.07, 6.45) is 1.15. The van der Waals surface area contributed by atoms with Crippen molar-refractivity contribution < 1.29 is 0 Å². The fraction of sp³-hybridized carbons (Fsp3) is 0.556. The second-order valence-corrected chi connectivity index (χ2v) is 5.43. The summed E-state index contributed by atoms with van der Waals surface area (Å²) < 4.78 is 1.19. The van der Waals surface area contributed by atoms with E-state index in [1.165, 1.54) is 9.35 Å². The predicted molar refractivity (Wildman–Crippen MR) is 59.9 cm³/mol. The molecule has 0 radical (unpaired) electrons. The van der Waals surface area contributed by atoms with Gasteiger partial charge in [-0.3, -0.25) is 4.90 Å². The van der Waals surface area contributed by atoms with E-state index in [0.29, 0.717) is 6.04 Å². The zero-order valence-electron chi connectivity index (χ0n) is 7.37. The highest BCUT2D eigenvalue weighted by Crippen LogP contribution is 2.22. The van der Waals surface area contributed by atoms with Crippen LogP contribution in [0.3, 0.4) is 0 Å². The van der Waals surface area contributed by atoms with Crippen molar-refractivity contribution in [3.8, 4) is 0 Å². The molecule has 0 amide bonds. The van der Waals surface area contributed by atoms with Crippen molar-refractivity contribution >= 4 is 27.3 Å². The van der Waals surface area contributed by atoms with Gasteiger partial charge in [-0.15, -0.1) is 11.3 Å². The highest BCUT2D eigenvalue weighted by Gasteiger charge is 2.19. The lowest BCUT2D eigenvalue weighted by molar-refractivity contribution is 0.330. The molecule has 1 aliphatic rings. The van der Waals surface area contributed by atoms with E-state index in [2.05, 4.69) is 32.3 Å². The third-order valence-electron chi connectivity index (χ3n) is 2.31. The molecular weight excluding hydrogens is 248 g/mol. The zero-order chi connectivity index (χ0) is 9.26. The molecule has 0 saturated carbocycles. The second kappa shape index (κ2) is 4.09. The minimum Gasteiger partial charge on any atom is -0.326 e. The first-order valence-corrected chi connectivity index (χ1v) is 6.12. The van der Waals surface area contributed by atoms with Crippen LogP contribution < -0.4 is 5.73 Å². The lowest BCUT2D eigenvalue weighted by atomic mass is 10.3. The van der Waals surface area contributed by atoms with Gasteiger partial charge < -0.3 is 5.73 Å². The summed E-state index contributed by atoms with van der Waals surface area (Å²) in [6, 6.07) is 2.58. The van der Waals surface area contributed by atoms with E-state index in [1.54, 1.807) is 0 Å². The SMILES string of the molecule is N[C@@H]1CCN(Cc2cc(Br)cs2)C1. The quantitative estimate of drug-likeness (QED) is 0.882. The van der Waals surface area contributed by atoms with Crippen molar-refractivity contribution in [2.45, 2.75) is 19.0 Å². The number of thiophene rings is 1. The van der Waals surface area contributed by atoms with Gasteiger partial charge in [0.1, 0.15) is 0 Å². The van der Waals surface area contributed by atoms with Crippen LogP contribution in [-0.2, 0) is 6.54 Å². The first-order chi connectivity index (χ1) is 6.24. The molecule has 13 heavy (non-hydrogen) atoms. The van der Waals surface area contributed by atoms with Gasteiger partial charge in [0.25, 0.3) is 0 Å². The van der Waals surface area contributed by atoms with Gasteiger partial charge in [0.05, 0.1) is 0 Å². The van der Waals surface area contributed by atoms with Gasteiger partial charge in [-0.05, 0) is 28.4 Å². The monoisotopic (exact) mass is 260 g/mol. The first-order valence-electron chi connectivity index (χ1n) is 4.45. The molecule has 2 rings (SSSR count). The summed E-state index contributed by atoms with van der Waals surface area (Å²) in [5, 5.41) is 2.13. The highest BCUT2D eigenvalue weighted by atomic mass is 79.9.